The third-order valence-electron chi connectivity index (χ3n) is 2.02. The molecule has 0 bridgehead atoms. The molecule has 0 amide bonds. The normalized spacial score (nSPS) is 11.8. The Labute approximate surface area is 130 Å². The minimum Gasteiger partial charge on any atom is -0.467 e. The number of hydrogen-bond donors (Lipinski definition) is 3. The van der Waals surface area contributed by atoms with Crippen molar-refractivity contribution >= 4 is 40.0 Å². The zero-order valence-electron chi connectivity index (χ0n) is 10.8. The lowest BCUT2D eigenvalue weighted by Gasteiger charge is -2.10. The fraction of sp³-hybridized carbons (Fsp3) is 0.500. The molecule has 0 aromatic carbocycles. The summed E-state index contributed by atoms with van der Waals surface area (Å²) in [5.74, 6) is 1.38. The van der Waals surface area contributed by atoms with Gasteiger partial charge in [0, 0.05) is 20.1 Å². The molecule has 110 valence electrons. The van der Waals surface area contributed by atoms with Crippen LogP contribution in [0.15, 0.2) is 27.8 Å². The van der Waals surface area contributed by atoms with Gasteiger partial charge < -0.3 is 15.1 Å². The maximum Gasteiger partial charge on any atom is 0.208 e. The largest absolute Gasteiger partial charge is 0.467 e. The van der Waals surface area contributed by atoms with Gasteiger partial charge in [-0.1, -0.05) is 0 Å². The quantitative estimate of drug-likeness (QED) is 0.272. The monoisotopic (exact) mass is 402 g/mol. The van der Waals surface area contributed by atoms with Gasteiger partial charge in [-0.3, -0.25) is 4.99 Å². The molecule has 0 aliphatic heterocycles. The van der Waals surface area contributed by atoms with E-state index >= 15 is 0 Å². The molecule has 0 radical (unpaired) electrons. The first kappa shape index (κ1) is 18.2. The molecule has 1 rings (SSSR count). The van der Waals surface area contributed by atoms with Crippen LogP contribution in [0.1, 0.15) is 5.76 Å². The molecule has 0 aliphatic rings. The fourth-order valence-corrected chi connectivity index (χ4v) is 1.69. The topological polar surface area (TPSA) is 95.7 Å². The zero-order valence-corrected chi connectivity index (χ0v) is 14.0. The van der Waals surface area contributed by atoms with Crippen molar-refractivity contribution < 1.29 is 12.8 Å². The van der Waals surface area contributed by atoms with Crippen LogP contribution in [-0.2, 0) is 16.6 Å². The molecule has 19 heavy (non-hydrogen) atoms. The Hall–Kier alpha value is -0.810. The van der Waals surface area contributed by atoms with Gasteiger partial charge in [0.2, 0.25) is 10.0 Å². The van der Waals surface area contributed by atoms with Crippen molar-refractivity contribution in [1.82, 2.24) is 15.4 Å². The van der Waals surface area contributed by atoms with Crippen molar-refractivity contribution in [2.45, 2.75) is 6.54 Å². The average Bonchev–Trinajstić information content (AvgIpc) is 2.79. The van der Waals surface area contributed by atoms with E-state index in [1.165, 1.54) is 0 Å². The van der Waals surface area contributed by atoms with E-state index in [1.807, 2.05) is 12.1 Å². The SMILES string of the molecule is CN=C(NCCNS(C)(=O)=O)NCc1ccco1.I. The van der Waals surface area contributed by atoms with Crippen LogP contribution in [0.25, 0.3) is 0 Å². The maximum absolute atomic E-state index is 10.8. The molecule has 0 unspecified atom stereocenters. The second-order valence-electron chi connectivity index (χ2n) is 3.60. The summed E-state index contributed by atoms with van der Waals surface area (Å²) in [7, 11) is -1.50. The molecule has 9 heteroatoms. The van der Waals surface area contributed by atoms with E-state index in [4.69, 9.17) is 4.42 Å². The van der Waals surface area contributed by atoms with Gasteiger partial charge in [0.15, 0.2) is 5.96 Å². The fourth-order valence-electron chi connectivity index (χ4n) is 1.22. The number of furan rings is 1. The Morgan fingerprint density at radius 2 is 2.11 bits per heavy atom. The first-order chi connectivity index (χ1) is 8.51. The van der Waals surface area contributed by atoms with Gasteiger partial charge in [-0.15, -0.1) is 24.0 Å². The van der Waals surface area contributed by atoms with E-state index in [-0.39, 0.29) is 24.0 Å². The Morgan fingerprint density at radius 3 is 2.63 bits per heavy atom. The van der Waals surface area contributed by atoms with E-state index in [0.717, 1.165) is 12.0 Å². The van der Waals surface area contributed by atoms with Crippen molar-refractivity contribution in [3.63, 3.8) is 0 Å². The lowest BCUT2D eigenvalue weighted by Crippen LogP contribution is -2.41. The molecule has 0 spiro atoms. The molecule has 0 atom stereocenters. The Balaban J connectivity index is 0.00000324. The van der Waals surface area contributed by atoms with Crippen molar-refractivity contribution in [1.29, 1.82) is 0 Å². The highest BCUT2D eigenvalue weighted by Crippen LogP contribution is 1.97. The smallest absolute Gasteiger partial charge is 0.208 e. The lowest BCUT2D eigenvalue weighted by molar-refractivity contribution is 0.501. The number of sulfonamides is 1. The van der Waals surface area contributed by atoms with Gasteiger partial charge in [-0.2, -0.15) is 0 Å². The van der Waals surface area contributed by atoms with E-state index in [2.05, 4.69) is 20.3 Å². The van der Waals surface area contributed by atoms with Gasteiger partial charge in [-0.05, 0) is 12.1 Å². The highest BCUT2D eigenvalue weighted by atomic mass is 127. The zero-order chi connectivity index (χ0) is 13.4. The Morgan fingerprint density at radius 1 is 1.37 bits per heavy atom. The summed E-state index contributed by atoms with van der Waals surface area (Å²) in [6, 6.07) is 3.66. The van der Waals surface area contributed by atoms with Crippen LogP contribution in [0.2, 0.25) is 0 Å². The van der Waals surface area contributed by atoms with Gasteiger partial charge in [0.1, 0.15) is 5.76 Å². The predicted molar refractivity (Wildman–Crippen MR) is 85.2 cm³/mol. The average molecular weight is 402 g/mol. The number of guanidine groups is 1. The third kappa shape index (κ3) is 8.83. The number of hydrogen-bond acceptors (Lipinski definition) is 4. The predicted octanol–water partition coefficient (Wildman–Crippen LogP) is 0.112. The standard InChI is InChI=1S/C10H18N4O3S.HI/c1-11-10(12-5-6-14-18(2,15)16)13-8-9-4-3-7-17-9;/h3-4,7,14H,5-6,8H2,1-2H3,(H2,11,12,13);1H. The molecule has 1 heterocycles. The molecule has 3 N–H and O–H groups in total. The van der Waals surface area contributed by atoms with Gasteiger partial charge in [0.05, 0.1) is 19.1 Å². The van der Waals surface area contributed by atoms with Crippen LogP contribution in [0.3, 0.4) is 0 Å². The number of nitrogens with one attached hydrogen (secondary N) is 3. The molecule has 0 saturated carbocycles. The number of halogens is 1. The molecule has 0 aliphatic carbocycles. The van der Waals surface area contributed by atoms with E-state index in [9.17, 15) is 8.42 Å². The molecule has 0 saturated heterocycles. The Bertz CT molecular complexity index is 473. The lowest BCUT2D eigenvalue weighted by atomic mass is 10.4. The van der Waals surface area contributed by atoms with Crippen LogP contribution >= 0.6 is 24.0 Å². The van der Waals surface area contributed by atoms with E-state index < -0.39 is 10.0 Å². The Kier molecular flexibility index (Phi) is 8.76. The molecule has 1 aromatic rings. The van der Waals surface area contributed by atoms with Crippen LogP contribution in [0, 0.1) is 0 Å². The summed E-state index contributed by atoms with van der Waals surface area (Å²) in [5.41, 5.74) is 0. The molecular weight excluding hydrogens is 383 g/mol. The summed E-state index contributed by atoms with van der Waals surface area (Å²) in [6.45, 7) is 1.28. The summed E-state index contributed by atoms with van der Waals surface area (Å²) in [6.07, 6.45) is 2.72. The van der Waals surface area contributed by atoms with Crippen LogP contribution < -0.4 is 15.4 Å². The number of rotatable bonds is 6. The van der Waals surface area contributed by atoms with Crippen molar-refractivity contribution in [3.05, 3.63) is 24.2 Å². The first-order valence-electron chi connectivity index (χ1n) is 5.43. The minimum absolute atomic E-state index is 0. The van der Waals surface area contributed by atoms with Crippen LogP contribution in [0.5, 0.6) is 0 Å². The van der Waals surface area contributed by atoms with Gasteiger partial charge >= 0.3 is 0 Å². The van der Waals surface area contributed by atoms with Crippen molar-refractivity contribution in [2.24, 2.45) is 4.99 Å². The third-order valence-corrected chi connectivity index (χ3v) is 2.74. The maximum atomic E-state index is 10.8. The van der Waals surface area contributed by atoms with E-state index in [1.54, 1.807) is 13.3 Å². The summed E-state index contributed by atoms with van der Waals surface area (Å²) in [4.78, 5) is 4.00. The second kappa shape index (κ2) is 9.15. The number of aliphatic imine (C=N–C) groups is 1. The van der Waals surface area contributed by atoms with Crippen LogP contribution in [0.4, 0.5) is 0 Å². The highest BCUT2D eigenvalue weighted by Gasteiger charge is 2.01. The molecule has 7 nitrogen and oxygen atoms in total. The summed E-state index contributed by atoms with van der Waals surface area (Å²) < 4.78 is 29.2. The first-order valence-corrected chi connectivity index (χ1v) is 7.32. The second-order valence-corrected chi connectivity index (χ2v) is 5.43. The summed E-state index contributed by atoms with van der Waals surface area (Å²) in [5, 5.41) is 6.01. The summed E-state index contributed by atoms with van der Waals surface area (Å²) >= 11 is 0. The van der Waals surface area contributed by atoms with Crippen molar-refractivity contribution in [3.8, 4) is 0 Å². The van der Waals surface area contributed by atoms with Crippen molar-refractivity contribution in [2.75, 3.05) is 26.4 Å². The minimum atomic E-state index is -3.14. The van der Waals surface area contributed by atoms with Gasteiger partial charge in [0.25, 0.3) is 0 Å². The van der Waals surface area contributed by atoms with Gasteiger partial charge in [-0.25, -0.2) is 13.1 Å². The molecular formula is C10H19IN4O3S. The highest BCUT2D eigenvalue weighted by molar-refractivity contribution is 14.0. The van der Waals surface area contributed by atoms with E-state index in [0.29, 0.717) is 25.6 Å². The molecule has 0 fully saturated rings. The number of nitrogens with zero attached hydrogens (tertiary/aromatic N) is 1. The van der Waals surface area contributed by atoms with Crippen LogP contribution in [-0.4, -0.2) is 40.8 Å². The molecule has 1 aromatic heterocycles.